The molecular weight excluding hydrogens is 280 g/mol. The fourth-order valence-corrected chi connectivity index (χ4v) is 2.20. The molecule has 94 valence electrons. The highest BCUT2D eigenvalue weighted by molar-refractivity contribution is 9.10. The van der Waals surface area contributed by atoms with E-state index < -0.39 is 0 Å². The molecule has 2 atom stereocenters. The van der Waals surface area contributed by atoms with Gasteiger partial charge in [-0.15, -0.1) is 0 Å². The highest BCUT2D eigenvalue weighted by Gasteiger charge is 2.11. The first-order chi connectivity index (χ1) is 8.00. The number of benzene rings is 1. The number of carbonyl (C=O) groups is 1. The van der Waals surface area contributed by atoms with E-state index >= 15 is 0 Å². The van der Waals surface area contributed by atoms with E-state index in [1.807, 2.05) is 38.1 Å². The lowest BCUT2D eigenvalue weighted by molar-refractivity contribution is -0.121. The Morgan fingerprint density at radius 3 is 2.65 bits per heavy atom. The Balaban J connectivity index is 2.52. The van der Waals surface area contributed by atoms with Gasteiger partial charge in [-0.2, -0.15) is 0 Å². The van der Waals surface area contributed by atoms with Crippen molar-refractivity contribution in [1.82, 2.24) is 5.32 Å². The quantitative estimate of drug-likeness (QED) is 0.878. The lowest BCUT2D eigenvalue weighted by atomic mass is 10.1. The van der Waals surface area contributed by atoms with Crippen LogP contribution >= 0.6 is 15.9 Å². The molecule has 1 aromatic rings. The minimum Gasteiger partial charge on any atom is -0.350 e. The van der Waals surface area contributed by atoms with Gasteiger partial charge in [0.1, 0.15) is 0 Å². The molecule has 1 aromatic carbocycles. The number of carbonyl (C=O) groups excluding carboxylic acids is 1. The van der Waals surface area contributed by atoms with Gasteiger partial charge in [0.15, 0.2) is 0 Å². The summed E-state index contributed by atoms with van der Waals surface area (Å²) in [6, 6.07) is 7.97. The normalized spacial score (nSPS) is 14.1. The molecule has 0 aliphatic rings. The molecule has 17 heavy (non-hydrogen) atoms. The summed E-state index contributed by atoms with van der Waals surface area (Å²) in [5, 5.41) is 2.97. The Hall–Kier alpha value is -0.870. The maximum absolute atomic E-state index is 11.7. The van der Waals surface area contributed by atoms with Crippen LogP contribution in [0.3, 0.4) is 0 Å². The predicted octanol–water partition coefficient (Wildman–Crippen LogP) is 2.75. The first-order valence-electron chi connectivity index (χ1n) is 5.80. The van der Waals surface area contributed by atoms with Crippen molar-refractivity contribution >= 4 is 21.8 Å². The number of hydrogen-bond donors (Lipinski definition) is 2. The van der Waals surface area contributed by atoms with E-state index in [-0.39, 0.29) is 18.0 Å². The molecule has 0 saturated heterocycles. The van der Waals surface area contributed by atoms with Crippen LogP contribution in [0.1, 0.15) is 38.3 Å². The zero-order valence-electron chi connectivity index (χ0n) is 10.2. The fourth-order valence-electron chi connectivity index (χ4n) is 1.58. The molecule has 2 unspecified atom stereocenters. The minimum absolute atomic E-state index is 0.00570. The van der Waals surface area contributed by atoms with Gasteiger partial charge >= 0.3 is 0 Å². The second-order valence-corrected chi connectivity index (χ2v) is 5.18. The molecule has 0 bridgehead atoms. The van der Waals surface area contributed by atoms with Crippen molar-refractivity contribution < 1.29 is 4.79 Å². The van der Waals surface area contributed by atoms with E-state index in [9.17, 15) is 4.79 Å². The van der Waals surface area contributed by atoms with Gasteiger partial charge in [0.2, 0.25) is 5.91 Å². The molecule has 1 amide bonds. The van der Waals surface area contributed by atoms with Crippen molar-refractivity contribution in [2.45, 2.75) is 38.8 Å². The molecular formula is C13H19BrN2O. The largest absolute Gasteiger partial charge is 0.350 e. The summed E-state index contributed by atoms with van der Waals surface area (Å²) in [6.07, 6.45) is 1.20. The van der Waals surface area contributed by atoms with Gasteiger partial charge in [-0.3, -0.25) is 4.79 Å². The Labute approximate surface area is 111 Å². The van der Waals surface area contributed by atoms with E-state index in [2.05, 4.69) is 21.2 Å². The summed E-state index contributed by atoms with van der Waals surface area (Å²) in [5.74, 6) is 0.0468. The molecule has 4 heteroatoms. The molecule has 0 heterocycles. The third-order valence-electron chi connectivity index (χ3n) is 2.58. The molecule has 3 N–H and O–H groups in total. The van der Waals surface area contributed by atoms with Crippen LogP contribution in [0, 0.1) is 0 Å². The first kappa shape index (κ1) is 14.2. The maximum atomic E-state index is 11.7. The number of nitrogens with one attached hydrogen (secondary N) is 1. The van der Waals surface area contributed by atoms with Gasteiger partial charge in [-0.05, 0) is 31.9 Å². The van der Waals surface area contributed by atoms with Crippen molar-refractivity contribution in [1.29, 1.82) is 0 Å². The van der Waals surface area contributed by atoms with Crippen molar-refractivity contribution in [3.63, 3.8) is 0 Å². The number of hydrogen-bond acceptors (Lipinski definition) is 2. The average molecular weight is 299 g/mol. The van der Waals surface area contributed by atoms with Crippen molar-refractivity contribution in [2.24, 2.45) is 5.73 Å². The second kappa shape index (κ2) is 6.77. The zero-order chi connectivity index (χ0) is 12.8. The van der Waals surface area contributed by atoms with Gasteiger partial charge < -0.3 is 11.1 Å². The molecule has 0 fully saturated rings. The van der Waals surface area contributed by atoms with Crippen LogP contribution in [0.5, 0.6) is 0 Å². The summed E-state index contributed by atoms with van der Waals surface area (Å²) in [5.41, 5.74) is 6.70. The summed E-state index contributed by atoms with van der Waals surface area (Å²) in [7, 11) is 0. The van der Waals surface area contributed by atoms with Crippen LogP contribution in [0.4, 0.5) is 0 Å². The van der Waals surface area contributed by atoms with Gasteiger partial charge in [-0.25, -0.2) is 0 Å². The zero-order valence-corrected chi connectivity index (χ0v) is 11.8. The summed E-state index contributed by atoms with van der Waals surface area (Å²) < 4.78 is 1.01. The first-order valence-corrected chi connectivity index (χ1v) is 6.59. The van der Waals surface area contributed by atoms with Crippen molar-refractivity contribution in [3.05, 3.63) is 34.3 Å². The van der Waals surface area contributed by atoms with Gasteiger partial charge in [0.25, 0.3) is 0 Å². The number of rotatable bonds is 5. The third kappa shape index (κ3) is 4.88. The summed E-state index contributed by atoms with van der Waals surface area (Å²) >= 11 is 3.48. The topological polar surface area (TPSA) is 55.1 Å². The fraction of sp³-hybridized carbons (Fsp3) is 0.462. The third-order valence-corrected chi connectivity index (χ3v) is 3.30. The molecule has 0 radical (unpaired) electrons. The average Bonchev–Trinajstić information content (AvgIpc) is 2.26. The van der Waals surface area contributed by atoms with Crippen molar-refractivity contribution in [2.75, 3.05) is 0 Å². The Kier molecular flexibility index (Phi) is 5.65. The standard InChI is InChI=1S/C13H19BrN2O/c1-9(15)7-8-13(17)16-10(2)11-5-3-4-6-12(11)14/h3-6,9-10H,7-8,15H2,1-2H3,(H,16,17). The molecule has 3 nitrogen and oxygen atoms in total. The van der Waals surface area contributed by atoms with Crippen LogP contribution < -0.4 is 11.1 Å². The summed E-state index contributed by atoms with van der Waals surface area (Å²) in [4.78, 5) is 11.7. The van der Waals surface area contributed by atoms with Crippen LogP contribution in [0.25, 0.3) is 0 Å². The molecule has 0 spiro atoms. The van der Waals surface area contributed by atoms with E-state index in [4.69, 9.17) is 5.73 Å². The highest BCUT2D eigenvalue weighted by atomic mass is 79.9. The second-order valence-electron chi connectivity index (χ2n) is 4.33. The van der Waals surface area contributed by atoms with E-state index in [1.165, 1.54) is 0 Å². The van der Waals surface area contributed by atoms with E-state index in [0.717, 1.165) is 10.0 Å². The van der Waals surface area contributed by atoms with Crippen LogP contribution in [0.2, 0.25) is 0 Å². The Morgan fingerprint density at radius 2 is 2.06 bits per heavy atom. The molecule has 0 aliphatic heterocycles. The van der Waals surface area contributed by atoms with Crippen LogP contribution in [-0.2, 0) is 4.79 Å². The molecule has 1 rings (SSSR count). The van der Waals surface area contributed by atoms with Crippen LogP contribution in [-0.4, -0.2) is 11.9 Å². The summed E-state index contributed by atoms with van der Waals surface area (Å²) in [6.45, 7) is 3.88. The van der Waals surface area contributed by atoms with E-state index in [1.54, 1.807) is 0 Å². The Bertz CT molecular complexity index is 379. The molecule has 0 saturated carbocycles. The number of nitrogens with two attached hydrogens (primary N) is 1. The lowest BCUT2D eigenvalue weighted by Crippen LogP contribution is -2.28. The Morgan fingerprint density at radius 1 is 1.41 bits per heavy atom. The van der Waals surface area contributed by atoms with Gasteiger partial charge in [0.05, 0.1) is 6.04 Å². The maximum Gasteiger partial charge on any atom is 0.220 e. The molecule has 0 aliphatic carbocycles. The highest BCUT2D eigenvalue weighted by Crippen LogP contribution is 2.22. The predicted molar refractivity (Wildman–Crippen MR) is 73.6 cm³/mol. The monoisotopic (exact) mass is 298 g/mol. The van der Waals surface area contributed by atoms with E-state index in [0.29, 0.717) is 12.8 Å². The van der Waals surface area contributed by atoms with Crippen LogP contribution in [0.15, 0.2) is 28.7 Å². The SMILES string of the molecule is CC(N)CCC(=O)NC(C)c1ccccc1Br. The lowest BCUT2D eigenvalue weighted by Gasteiger charge is -2.16. The molecule has 0 aromatic heterocycles. The smallest absolute Gasteiger partial charge is 0.220 e. The van der Waals surface area contributed by atoms with Gasteiger partial charge in [-0.1, -0.05) is 34.1 Å². The number of halogens is 1. The number of amides is 1. The minimum atomic E-state index is 0.00570. The van der Waals surface area contributed by atoms with Gasteiger partial charge in [0, 0.05) is 16.9 Å². The van der Waals surface area contributed by atoms with Crippen molar-refractivity contribution in [3.8, 4) is 0 Å².